The van der Waals surface area contributed by atoms with E-state index in [0.29, 0.717) is 23.6 Å². The van der Waals surface area contributed by atoms with Crippen LogP contribution in [0, 0.1) is 0 Å². The quantitative estimate of drug-likeness (QED) is 0.605. The maximum absolute atomic E-state index is 12.7. The van der Waals surface area contributed by atoms with E-state index >= 15 is 0 Å². The average Bonchev–Trinajstić information content (AvgIpc) is 3.00. The Morgan fingerprint density at radius 3 is 2.63 bits per heavy atom. The molecule has 6 nitrogen and oxygen atoms in total. The lowest BCUT2D eigenvalue weighted by Crippen LogP contribution is -2.29. The summed E-state index contributed by atoms with van der Waals surface area (Å²) in [5, 5.41) is 3.37. The van der Waals surface area contributed by atoms with Gasteiger partial charge in [-0.15, -0.1) is 0 Å². The molecule has 0 spiro atoms. The lowest BCUT2D eigenvalue weighted by Gasteiger charge is -2.10. The van der Waals surface area contributed by atoms with Gasteiger partial charge in [0.2, 0.25) is 5.91 Å². The summed E-state index contributed by atoms with van der Waals surface area (Å²) in [4.78, 5) is 28.9. The molecule has 7 heteroatoms. The van der Waals surface area contributed by atoms with Crippen LogP contribution in [0.2, 0.25) is 5.02 Å². The lowest BCUT2D eigenvalue weighted by atomic mass is 10.1. The Kier molecular flexibility index (Phi) is 6.21. The number of ketones is 1. The van der Waals surface area contributed by atoms with Crippen LogP contribution in [-0.2, 0) is 22.5 Å². The van der Waals surface area contributed by atoms with Crippen molar-refractivity contribution in [1.29, 1.82) is 0 Å². The molecule has 3 aromatic rings. The monoisotopic (exact) mass is 385 g/mol. The number of benzene rings is 2. The van der Waals surface area contributed by atoms with Gasteiger partial charge in [0.25, 0.3) is 0 Å². The van der Waals surface area contributed by atoms with Crippen LogP contribution in [0.1, 0.15) is 16.2 Å². The molecule has 0 fully saturated rings. The van der Waals surface area contributed by atoms with Gasteiger partial charge in [-0.25, -0.2) is 4.98 Å². The summed E-state index contributed by atoms with van der Waals surface area (Å²) >= 11 is 5.90. The van der Waals surface area contributed by atoms with Gasteiger partial charge in [0.1, 0.15) is 12.4 Å². The third kappa shape index (κ3) is 4.72. The van der Waals surface area contributed by atoms with Gasteiger partial charge in [-0.3, -0.25) is 9.59 Å². The van der Waals surface area contributed by atoms with Gasteiger partial charge in [-0.2, -0.15) is 0 Å². The van der Waals surface area contributed by atoms with E-state index in [1.54, 1.807) is 24.3 Å². The predicted molar refractivity (Wildman–Crippen MR) is 104 cm³/mol. The number of fused-ring (bicyclic) bond motifs is 1. The molecule has 0 atom stereocenters. The number of imidazole rings is 1. The summed E-state index contributed by atoms with van der Waals surface area (Å²) in [5.74, 6) is 0.535. The zero-order chi connectivity index (χ0) is 19.2. The largest absolute Gasteiger partial charge is 0.375 e. The minimum absolute atomic E-state index is 0.0193. The third-order valence-electron chi connectivity index (χ3n) is 4.15. The first-order valence-corrected chi connectivity index (χ1v) is 8.95. The number of methoxy groups -OCH3 is 1. The summed E-state index contributed by atoms with van der Waals surface area (Å²) in [5.41, 5.74) is 2.30. The highest BCUT2D eigenvalue weighted by molar-refractivity contribution is 6.30. The van der Waals surface area contributed by atoms with Crippen LogP contribution in [0.4, 0.5) is 0 Å². The van der Waals surface area contributed by atoms with E-state index in [4.69, 9.17) is 16.3 Å². The number of aromatic nitrogens is 2. The van der Waals surface area contributed by atoms with Gasteiger partial charge < -0.3 is 14.6 Å². The van der Waals surface area contributed by atoms with Crippen molar-refractivity contribution in [3.8, 4) is 0 Å². The highest BCUT2D eigenvalue weighted by Crippen LogP contribution is 2.18. The highest BCUT2D eigenvalue weighted by atomic mass is 35.5. The number of nitrogens with zero attached hydrogens (tertiary/aromatic N) is 2. The van der Waals surface area contributed by atoms with Crippen molar-refractivity contribution in [2.24, 2.45) is 0 Å². The first-order chi connectivity index (χ1) is 13.1. The van der Waals surface area contributed by atoms with E-state index in [0.717, 1.165) is 16.9 Å². The predicted octanol–water partition coefficient (Wildman–Crippen LogP) is 2.88. The fourth-order valence-electron chi connectivity index (χ4n) is 2.86. The SMILES string of the molecule is COCC(=O)NCCc1nc2ccccc2n1CC(=O)c1ccc(Cl)cc1. The second kappa shape index (κ2) is 8.79. The molecule has 3 rings (SSSR count). The second-order valence-corrected chi connectivity index (χ2v) is 6.50. The molecule has 0 saturated carbocycles. The molecule has 1 aromatic heterocycles. The zero-order valence-corrected chi connectivity index (χ0v) is 15.7. The van der Waals surface area contributed by atoms with Gasteiger partial charge in [0, 0.05) is 30.7 Å². The number of hydrogen-bond donors (Lipinski definition) is 1. The van der Waals surface area contributed by atoms with Crippen molar-refractivity contribution in [3.63, 3.8) is 0 Å². The van der Waals surface area contributed by atoms with E-state index in [-0.39, 0.29) is 24.8 Å². The van der Waals surface area contributed by atoms with Crippen molar-refractivity contribution in [2.45, 2.75) is 13.0 Å². The van der Waals surface area contributed by atoms with Crippen LogP contribution in [0.5, 0.6) is 0 Å². The van der Waals surface area contributed by atoms with E-state index in [1.165, 1.54) is 7.11 Å². The summed E-state index contributed by atoms with van der Waals surface area (Å²) in [6.45, 7) is 0.607. The number of carbonyl (C=O) groups excluding carboxylic acids is 2. The average molecular weight is 386 g/mol. The van der Waals surface area contributed by atoms with Crippen molar-refractivity contribution < 1.29 is 14.3 Å². The van der Waals surface area contributed by atoms with Gasteiger partial charge >= 0.3 is 0 Å². The molecule has 0 aliphatic rings. The number of nitrogens with one attached hydrogen (secondary N) is 1. The van der Waals surface area contributed by atoms with Gasteiger partial charge in [0.05, 0.1) is 17.6 Å². The van der Waals surface area contributed by atoms with Crippen LogP contribution in [0.25, 0.3) is 11.0 Å². The van der Waals surface area contributed by atoms with Crippen molar-refractivity contribution >= 4 is 34.3 Å². The molecule has 0 bridgehead atoms. The van der Waals surface area contributed by atoms with E-state index in [1.807, 2.05) is 28.8 Å². The standard InChI is InChI=1S/C20H20ClN3O3/c1-27-13-20(26)22-11-10-19-23-16-4-2-3-5-17(16)24(19)12-18(25)14-6-8-15(21)9-7-14/h2-9H,10-13H2,1H3,(H,22,26). The molecule has 140 valence electrons. The maximum atomic E-state index is 12.7. The molecule has 1 N–H and O–H groups in total. The number of amides is 1. The highest BCUT2D eigenvalue weighted by Gasteiger charge is 2.15. The topological polar surface area (TPSA) is 73.2 Å². The molecular weight excluding hydrogens is 366 g/mol. The fourth-order valence-corrected chi connectivity index (χ4v) is 2.99. The minimum Gasteiger partial charge on any atom is -0.375 e. The van der Waals surface area contributed by atoms with Crippen LogP contribution < -0.4 is 5.32 Å². The second-order valence-electron chi connectivity index (χ2n) is 6.07. The molecule has 1 amide bonds. The van der Waals surface area contributed by atoms with Crippen molar-refractivity contribution in [3.05, 3.63) is 64.9 Å². The molecule has 1 heterocycles. The number of Topliss-reactive ketones (excluding diaryl/α,β-unsaturated/α-hetero) is 1. The van der Waals surface area contributed by atoms with Gasteiger partial charge in [-0.05, 0) is 36.4 Å². The molecule has 0 radical (unpaired) electrons. The Hall–Kier alpha value is -2.70. The Labute approximate surface area is 162 Å². The minimum atomic E-state index is -0.183. The Morgan fingerprint density at radius 2 is 1.89 bits per heavy atom. The van der Waals surface area contributed by atoms with Gasteiger partial charge in [-0.1, -0.05) is 23.7 Å². The van der Waals surface area contributed by atoms with Crippen molar-refractivity contribution in [2.75, 3.05) is 20.3 Å². The van der Waals surface area contributed by atoms with E-state index in [2.05, 4.69) is 10.3 Å². The number of rotatable bonds is 8. The molecule has 0 unspecified atom stereocenters. The normalized spacial score (nSPS) is 10.9. The summed E-state index contributed by atoms with van der Waals surface area (Å²) in [6.07, 6.45) is 0.512. The molecule has 0 saturated heterocycles. The summed E-state index contributed by atoms with van der Waals surface area (Å²) in [7, 11) is 1.47. The first-order valence-electron chi connectivity index (χ1n) is 8.57. The van der Waals surface area contributed by atoms with E-state index in [9.17, 15) is 9.59 Å². The van der Waals surface area contributed by atoms with Crippen molar-refractivity contribution in [1.82, 2.24) is 14.9 Å². The Bertz CT molecular complexity index is 951. The lowest BCUT2D eigenvalue weighted by molar-refractivity contribution is -0.124. The van der Waals surface area contributed by atoms with Crippen LogP contribution in [-0.4, -0.2) is 41.5 Å². The molecule has 27 heavy (non-hydrogen) atoms. The molecule has 0 aliphatic heterocycles. The number of halogens is 1. The maximum Gasteiger partial charge on any atom is 0.245 e. The molecule has 2 aromatic carbocycles. The van der Waals surface area contributed by atoms with Gasteiger partial charge in [0.15, 0.2) is 5.78 Å². The molecule has 0 aliphatic carbocycles. The fraction of sp³-hybridized carbons (Fsp3) is 0.250. The molecular formula is C20H20ClN3O3. The Balaban J connectivity index is 1.80. The summed E-state index contributed by atoms with van der Waals surface area (Å²) in [6, 6.07) is 14.5. The third-order valence-corrected chi connectivity index (χ3v) is 4.40. The summed E-state index contributed by atoms with van der Waals surface area (Å²) < 4.78 is 6.70. The number of carbonyl (C=O) groups is 2. The number of para-hydroxylation sites is 2. The zero-order valence-electron chi connectivity index (χ0n) is 14.9. The van der Waals surface area contributed by atoms with Crippen LogP contribution in [0.15, 0.2) is 48.5 Å². The van der Waals surface area contributed by atoms with E-state index < -0.39 is 0 Å². The first kappa shape index (κ1) is 19.1. The number of hydrogen-bond acceptors (Lipinski definition) is 4. The van der Waals surface area contributed by atoms with Crippen LogP contribution in [0.3, 0.4) is 0 Å². The smallest absolute Gasteiger partial charge is 0.245 e. The van der Waals surface area contributed by atoms with Crippen LogP contribution >= 0.6 is 11.6 Å². The Morgan fingerprint density at radius 1 is 1.15 bits per heavy atom. The number of ether oxygens (including phenoxy) is 1.